The van der Waals surface area contributed by atoms with Gasteiger partial charge < -0.3 is 19.1 Å². The van der Waals surface area contributed by atoms with Crippen molar-refractivity contribution in [3.05, 3.63) is 66.3 Å². The number of likely N-dealkylation sites (tertiary alicyclic amines) is 1. The normalized spacial score (nSPS) is 16.0. The summed E-state index contributed by atoms with van der Waals surface area (Å²) in [4.78, 5) is 15.3. The van der Waals surface area contributed by atoms with Crippen LogP contribution in [0, 0.1) is 24.5 Å². The number of halogens is 2. The van der Waals surface area contributed by atoms with Crippen LogP contribution in [0.4, 0.5) is 14.5 Å². The molecule has 1 unspecified atom stereocenters. The average Bonchev–Trinajstić information content (AvgIpc) is 2.92. The Balaban J connectivity index is 1.51. The molecule has 11 heteroatoms. The molecular weight excluding hydrogens is 536 g/mol. The van der Waals surface area contributed by atoms with Crippen LogP contribution in [0.2, 0.25) is 0 Å². The molecule has 2 aromatic carbocycles. The number of nitrogens with zero attached hydrogens (tertiary/aromatic N) is 4. The number of nitrogens with one attached hydrogen (secondary N) is 1. The lowest BCUT2D eigenvalue weighted by Crippen LogP contribution is -2.32. The number of aromatic nitrogens is 3. The van der Waals surface area contributed by atoms with Gasteiger partial charge in [-0.2, -0.15) is 0 Å². The predicted molar refractivity (Wildman–Crippen MR) is 153 cm³/mol. The number of aryl methyl sites for hydroxylation is 1. The van der Waals surface area contributed by atoms with Gasteiger partial charge in [0.15, 0.2) is 0 Å². The van der Waals surface area contributed by atoms with E-state index in [0.717, 1.165) is 60.2 Å². The maximum absolute atomic E-state index is 14.5. The van der Waals surface area contributed by atoms with Crippen LogP contribution < -0.4 is 14.2 Å². The molecule has 1 fully saturated rings. The third kappa shape index (κ3) is 5.85. The Morgan fingerprint density at radius 1 is 1.10 bits per heavy atom. The predicted octanol–water partition coefficient (Wildman–Crippen LogP) is 5.11. The highest BCUT2D eigenvalue weighted by molar-refractivity contribution is 8.01. The first kappa shape index (κ1) is 27.7. The van der Waals surface area contributed by atoms with Crippen molar-refractivity contribution in [1.29, 1.82) is 0 Å². The Morgan fingerprint density at radius 3 is 2.60 bits per heavy atom. The summed E-state index contributed by atoms with van der Waals surface area (Å²) in [6.45, 7) is 4.57. The molecule has 4 aromatic rings. The maximum Gasteiger partial charge on any atom is 0.238 e. The lowest BCUT2D eigenvalue weighted by Gasteiger charge is -2.28. The number of methoxy groups -OCH3 is 1. The largest absolute Gasteiger partial charge is 0.491 e. The van der Waals surface area contributed by atoms with Crippen molar-refractivity contribution in [3.63, 3.8) is 0 Å². The molecule has 1 aliphatic rings. The molecule has 1 atom stereocenters. The number of pyridine rings is 1. The van der Waals surface area contributed by atoms with Crippen molar-refractivity contribution in [2.45, 2.75) is 24.7 Å². The topological polar surface area (TPSA) is 89.5 Å². The van der Waals surface area contributed by atoms with Gasteiger partial charge in [0.05, 0.1) is 28.3 Å². The molecule has 2 aromatic heterocycles. The zero-order valence-corrected chi connectivity index (χ0v) is 23.4. The third-order valence-electron chi connectivity index (χ3n) is 7.12. The Kier molecular flexibility index (Phi) is 7.86. The van der Waals surface area contributed by atoms with Crippen LogP contribution in [0.3, 0.4) is 0 Å². The maximum atomic E-state index is 14.5. The number of hydrogen-bond donors (Lipinski definition) is 1. The molecule has 8 nitrogen and oxygen atoms in total. The summed E-state index contributed by atoms with van der Waals surface area (Å²) < 4.78 is 55.8. The van der Waals surface area contributed by atoms with Crippen LogP contribution in [0.15, 0.2) is 53.8 Å². The fourth-order valence-electron chi connectivity index (χ4n) is 4.79. The zero-order valence-electron chi connectivity index (χ0n) is 22.6. The Bertz CT molecular complexity index is 1660. The van der Waals surface area contributed by atoms with Crippen LogP contribution in [-0.2, 0) is 9.71 Å². The molecule has 3 heterocycles. The number of fused-ring (bicyclic) bond motifs is 1. The van der Waals surface area contributed by atoms with Crippen LogP contribution in [0.25, 0.3) is 22.0 Å². The minimum atomic E-state index is -3.43. The fourth-order valence-corrected chi connectivity index (χ4v) is 6.07. The SMILES string of the molecule is C=S(=O)(Nc1cc(-c2cc(OCC3CCN(C)CC3)c3ncnc(C)c3c2)cnc1OC)c1ccc(F)cc1F. The molecule has 210 valence electrons. The van der Waals surface area contributed by atoms with Crippen LogP contribution in [0.1, 0.15) is 18.5 Å². The lowest BCUT2D eigenvalue weighted by atomic mass is 9.98. The number of ether oxygens (including phenoxy) is 2. The second kappa shape index (κ2) is 11.3. The molecule has 1 saturated heterocycles. The molecule has 0 saturated carbocycles. The first-order valence-electron chi connectivity index (χ1n) is 12.9. The second-order valence-corrected chi connectivity index (χ2v) is 12.0. The van der Waals surface area contributed by atoms with Gasteiger partial charge in [0, 0.05) is 28.9 Å². The standard InChI is InChI=1S/C29H31F2N5O3S/c1-18-23-11-20(13-26(28(23)34-17-33-18)39-16-19-7-9-36(2)10-8-19)21-12-25(29(38-3)32-15-21)35-40(4,37)27-6-5-22(30)14-24(27)31/h5-6,11-15,17,19H,4,7-10,16H2,1-3H3,(H,35,37). The van der Waals surface area contributed by atoms with E-state index in [1.54, 1.807) is 12.3 Å². The van der Waals surface area contributed by atoms with E-state index in [0.29, 0.717) is 29.9 Å². The van der Waals surface area contributed by atoms with Gasteiger partial charge in [0.1, 0.15) is 34.9 Å². The van der Waals surface area contributed by atoms with Crippen LogP contribution in [0.5, 0.6) is 11.6 Å². The molecule has 1 aliphatic heterocycles. The van der Waals surface area contributed by atoms with Gasteiger partial charge in [-0.25, -0.2) is 27.9 Å². The molecule has 0 radical (unpaired) electrons. The summed E-state index contributed by atoms with van der Waals surface area (Å²) in [7, 11) is 0.120. The number of hydrogen-bond acceptors (Lipinski definition) is 7. The van der Waals surface area contributed by atoms with Gasteiger partial charge in [-0.1, -0.05) is 0 Å². The molecule has 0 aliphatic carbocycles. The highest BCUT2D eigenvalue weighted by Crippen LogP contribution is 2.36. The summed E-state index contributed by atoms with van der Waals surface area (Å²) in [5.41, 5.74) is 3.18. The smallest absolute Gasteiger partial charge is 0.238 e. The Morgan fingerprint density at radius 2 is 1.88 bits per heavy atom. The van der Waals surface area contributed by atoms with E-state index in [2.05, 4.69) is 37.5 Å². The van der Waals surface area contributed by atoms with Gasteiger partial charge in [-0.3, -0.25) is 0 Å². The number of piperidine rings is 1. The van der Waals surface area contributed by atoms with Gasteiger partial charge in [0.2, 0.25) is 5.88 Å². The van der Waals surface area contributed by atoms with Crippen LogP contribution in [-0.4, -0.2) is 63.8 Å². The van der Waals surface area contributed by atoms with Crippen molar-refractivity contribution in [1.82, 2.24) is 19.9 Å². The quantitative estimate of drug-likeness (QED) is 0.296. The van der Waals surface area contributed by atoms with E-state index in [1.165, 1.54) is 13.4 Å². The summed E-state index contributed by atoms with van der Waals surface area (Å²) in [6, 6.07) is 8.35. The fraction of sp³-hybridized carbons (Fsp3) is 0.310. The minimum absolute atomic E-state index is 0.140. The highest BCUT2D eigenvalue weighted by atomic mass is 32.2. The van der Waals surface area contributed by atoms with Gasteiger partial charge >= 0.3 is 0 Å². The van der Waals surface area contributed by atoms with Crippen molar-refractivity contribution in [3.8, 4) is 22.8 Å². The van der Waals surface area contributed by atoms with E-state index in [1.807, 2.05) is 19.1 Å². The molecule has 0 spiro atoms. The van der Waals surface area contributed by atoms with Gasteiger partial charge in [-0.05, 0) is 87.6 Å². The van der Waals surface area contributed by atoms with E-state index >= 15 is 0 Å². The van der Waals surface area contributed by atoms with Crippen molar-refractivity contribution in [2.24, 2.45) is 5.92 Å². The zero-order chi connectivity index (χ0) is 28.4. The summed E-state index contributed by atoms with van der Waals surface area (Å²) >= 11 is 0. The second-order valence-electron chi connectivity index (χ2n) is 10.0. The molecular formula is C29H31F2N5O3S. The van der Waals surface area contributed by atoms with Crippen molar-refractivity contribution >= 4 is 32.2 Å². The average molecular weight is 568 g/mol. The van der Waals surface area contributed by atoms with Gasteiger partial charge in [0.25, 0.3) is 0 Å². The van der Waals surface area contributed by atoms with E-state index < -0.39 is 21.3 Å². The summed E-state index contributed by atoms with van der Waals surface area (Å²) in [5.74, 6) is 3.16. The molecule has 0 bridgehead atoms. The highest BCUT2D eigenvalue weighted by Gasteiger charge is 2.20. The summed E-state index contributed by atoms with van der Waals surface area (Å²) in [5, 5.41) is 0.832. The molecule has 5 rings (SSSR count). The molecule has 0 amide bonds. The monoisotopic (exact) mass is 567 g/mol. The number of rotatable bonds is 8. The van der Waals surface area contributed by atoms with E-state index in [9.17, 15) is 13.0 Å². The number of anilines is 1. The number of benzene rings is 2. The first-order chi connectivity index (χ1) is 19.1. The third-order valence-corrected chi connectivity index (χ3v) is 8.71. The lowest BCUT2D eigenvalue weighted by molar-refractivity contribution is 0.161. The van der Waals surface area contributed by atoms with Crippen molar-refractivity contribution < 1.29 is 22.5 Å². The van der Waals surface area contributed by atoms with E-state index in [4.69, 9.17) is 9.47 Å². The Hall–Kier alpha value is -3.83. The van der Waals surface area contributed by atoms with Gasteiger partial charge in [-0.15, -0.1) is 0 Å². The molecule has 40 heavy (non-hydrogen) atoms. The van der Waals surface area contributed by atoms with Crippen LogP contribution >= 0.6 is 0 Å². The minimum Gasteiger partial charge on any atom is -0.491 e. The van der Waals surface area contributed by atoms with Crippen molar-refractivity contribution in [2.75, 3.05) is 38.6 Å². The molecule has 1 N–H and O–H groups in total. The summed E-state index contributed by atoms with van der Waals surface area (Å²) in [6.07, 6.45) is 5.28. The Labute approximate surface area is 232 Å². The van der Waals surface area contributed by atoms with E-state index in [-0.39, 0.29) is 16.5 Å². The first-order valence-corrected chi connectivity index (χ1v) is 14.6.